The Hall–Kier alpha value is -5.42. The first-order valence-corrected chi connectivity index (χ1v) is 14.0. The lowest BCUT2D eigenvalue weighted by atomic mass is 9.95. The molecule has 1 aliphatic rings. The Morgan fingerprint density at radius 1 is 1.07 bits per heavy atom. The lowest BCUT2D eigenvalue weighted by molar-refractivity contribution is -0.384. The van der Waals surface area contributed by atoms with Gasteiger partial charge in [0.15, 0.2) is 4.80 Å². The van der Waals surface area contributed by atoms with Gasteiger partial charge in [-0.15, -0.1) is 0 Å². The summed E-state index contributed by atoms with van der Waals surface area (Å²) in [5.74, 6) is 0.0228. The average Bonchev–Trinajstić information content (AvgIpc) is 3.57. The van der Waals surface area contributed by atoms with E-state index in [4.69, 9.17) is 4.42 Å². The second-order valence-corrected chi connectivity index (χ2v) is 10.9. The summed E-state index contributed by atoms with van der Waals surface area (Å²) in [5, 5.41) is 14.0. The number of non-ortho nitro benzene ring substituents is 1. The molecule has 0 bridgehead atoms. The van der Waals surface area contributed by atoms with Gasteiger partial charge in [-0.05, 0) is 67.4 Å². The molecular weight excluding hydrogens is 571 g/mol. The number of nitrogens with zero attached hydrogens (tertiary/aromatic N) is 3. The zero-order valence-electron chi connectivity index (χ0n) is 22.9. The lowest BCUT2D eigenvalue weighted by Crippen LogP contribution is -2.40. The van der Waals surface area contributed by atoms with E-state index in [0.717, 1.165) is 11.3 Å². The largest absolute Gasteiger partial charge is 0.457 e. The quantitative estimate of drug-likeness (QED) is 0.206. The molecular formula is C32H23FN4O5S. The molecule has 1 atom stereocenters. The highest BCUT2D eigenvalue weighted by Gasteiger charge is 2.32. The Balaban J connectivity index is 1.43. The number of nitro groups is 1. The number of carbonyl (C=O) groups excluding carboxylic acids is 1. The van der Waals surface area contributed by atoms with E-state index in [1.54, 1.807) is 74.5 Å². The minimum Gasteiger partial charge on any atom is -0.457 e. The summed E-state index contributed by atoms with van der Waals surface area (Å²) in [4.78, 5) is 43.1. The Morgan fingerprint density at radius 2 is 1.81 bits per heavy atom. The van der Waals surface area contributed by atoms with Crippen LogP contribution in [-0.4, -0.2) is 15.4 Å². The Kier molecular flexibility index (Phi) is 7.16. The molecule has 1 aliphatic heterocycles. The maximum Gasteiger partial charge on any atom is 0.271 e. The van der Waals surface area contributed by atoms with E-state index in [9.17, 15) is 24.1 Å². The van der Waals surface area contributed by atoms with Gasteiger partial charge in [-0.1, -0.05) is 41.7 Å². The number of para-hydroxylation sites is 1. The van der Waals surface area contributed by atoms with Crippen LogP contribution in [0.15, 0.2) is 110 Å². The molecule has 2 aromatic heterocycles. The molecule has 0 radical (unpaired) electrons. The minimum absolute atomic E-state index is 0.0167. The number of aryl methyl sites for hydroxylation is 1. The van der Waals surface area contributed by atoms with Crippen molar-refractivity contribution >= 4 is 34.7 Å². The van der Waals surface area contributed by atoms with E-state index >= 15 is 0 Å². The third-order valence-corrected chi connectivity index (χ3v) is 8.05. The van der Waals surface area contributed by atoms with Crippen LogP contribution in [0.25, 0.3) is 17.4 Å². The summed E-state index contributed by atoms with van der Waals surface area (Å²) in [5.41, 5.74) is 2.79. The van der Waals surface area contributed by atoms with Crippen LogP contribution in [0.4, 0.5) is 15.8 Å². The number of hydrogen-bond acceptors (Lipinski definition) is 7. The third kappa shape index (κ3) is 5.33. The molecule has 5 aromatic rings. The number of rotatable bonds is 6. The summed E-state index contributed by atoms with van der Waals surface area (Å²) < 4.78 is 21.6. The number of benzene rings is 3. The summed E-state index contributed by atoms with van der Waals surface area (Å²) in [7, 11) is 0. The topological polar surface area (TPSA) is 120 Å². The van der Waals surface area contributed by atoms with E-state index in [2.05, 4.69) is 10.3 Å². The number of thiazole rings is 1. The van der Waals surface area contributed by atoms with Gasteiger partial charge in [0.2, 0.25) is 0 Å². The van der Waals surface area contributed by atoms with Crippen molar-refractivity contribution < 1.29 is 18.5 Å². The van der Waals surface area contributed by atoms with Crippen LogP contribution in [0.5, 0.6) is 0 Å². The monoisotopic (exact) mass is 594 g/mol. The van der Waals surface area contributed by atoms with Crippen molar-refractivity contribution in [2.24, 2.45) is 4.99 Å². The van der Waals surface area contributed by atoms with Crippen LogP contribution in [-0.2, 0) is 4.79 Å². The van der Waals surface area contributed by atoms with Crippen LogP contribution in [0, 0.1) is 22.9 Å². The fraction of sp³-hybridized carbons (Fsp3) is 0.0938. The first-order valence-electron chi connectivity index (χ1n) is 13.2. The molecule has 1 amide bonds. The average molecular weight is 595 g/mol. The van der Waals surface area contributed by atoms with Gasteiger partial charge in [-0.25, -0.2) is 9.38 Å². The number of nitrogens with one attached hydrogen (secondary N) is 1. The molecule has 1 unspecified atom stereocenters. The molecule has 0 spiro atoms. The van der Waals surface area contributed by atoms with E-state index in [1.165, 1.54) is 28.8 Å². The Morgan fingerprint density at radius 3 is 2.51 bits per heavy atom. The first kappa shape index (κ1) is 27.7. The number of allylic oxidation sites excluding steroid dienone is 1. The number of amides is 1. The summed E-state index contributed by atoms with van der Waals surface area (Å²) in [6.07, 6.45) is 1.60. The van der Waals surface area contributed by atoms with Crippen molar-refractivity contribution in [1.82, 2.24) is 4.57 Å². The molecule has 9 nitrogen and oxygen atoms in total. The second-order valence-electron chi connectivity index (χ2n) is 9.91. The molecule has 6 rings (SSSR count). The van der Waals surface area contributed by atoms with E-state index < -0.39 is 22.7 Å². The number of halogens is 1. The fourth-order valence-corrected chi connectivity index (χ4v) is 6.06. The molecule has 0 fully saturated rings. The van der Waals surface area contributed by atoms with Gasteiger partial charge in [-0.3, -0.25) is 24.3 Å². The number of carbonyl (C=O) groups is 1. The standard InChI is InChI=1S/C32H23FN4O5S/c1-18-16-23(37(40)41)12-14-25(18)26-15-13-24(42-26)17-27-31(39)36-29(20-8-10-21(33)11-9-20)28(19(2)34-32(36)43-27)30(38)35-22-6-4-3-5-7-22/h3-17,29H,1-2H3,(H,35,38)/b27-17-. The summed E-state index contributed by atoms with van der Waals surface area (Å²) in [6, 6.07) is 21.7. The number of furan rings is 1. The van der Waals surface area contributed by atoms with Gasteiger partial charge in [0, 0.05) is 29.5 Å². The smallest absolute Gasteiger partial charge is 0.271 e. The summed E-state index contributed by atoms with van der Waals surface area (Å²) >= 11 is 1.15. The Labute approximate surface area is 247 Å². The number of anilines is 1. The van der Waals surface area contributed by atoms with Crippen molar-refractivity contribution in [3.8, 4) is 11.3 Å². The van der Waals surface area contributed by atoms with Gasteiger partial charge >= 0.3 is 0 Å². The van der Waals surface area contributed by atoms with Crippen LogP contribution in [0.2, 0.25) is 0 Å². The summed E-state index contributed by atoms with van der Waals surface area (Å²) in [6.45, 7) is 3.46. The van der Waals surface area contributed by atoms with Gasteiger partial charge < -0.3 is 9.73 Å². The van der Waals surface area contributed by atoms with Crippen LogP contribution in [0.3, 0.4) is 0 Å². The lowest BCUT2D eigenvalue weighted by Gasteiger charge is -2.25. The number of aromatic nitrogens is 1. The van der Waals surface area contributed by atoms with Gasteiger partial charge in [0.25, 0.3) is 17.2 Å². The molecule has 214 valence electrons. The molecule has 0 aliphatic carbocycles. The van der Waals surface area contributed by atoms with Crippen molar-refractivity contribution in [2.75, 3.05) is 5.32 Å². The molecule has 0 saturated carbocycles. The minimum atomic E-state index is -0.849. The fourth-order valence-electron chi connectivity index (χ4n) is 5.03. The number of fused-ring (bicyclic) bond motifs is 1. The maximum atomic E-state index is 13.9. The molecule has 1 N–H and O–H groups in total. The highest BCUT2D eigenvalue weighted by Crippen LogP contribution is 2.31. The number of nitro benzene ring substituents is 1. The van der Waals surface area contributed by atoms with Crippen molar-refractivity contribution in [3.63, 3.8) is 0 Å². The zero-order chi connectivity index (χ0) is 30.2. The first-order chi connectivity index (χ1) is 20.7. The Bertz CT molecular complexity index is 2110. The predicted molar refractivity (Wildman–Crippen MR) is 161 cm³/mol. The zero-order valence-corrected chi connectivity index (χ0v) is 23.7. The van der Waals surface area contributed by atoms with Gasteiger partial charge in [0.1, 0.15) is 17.3 Å². The van der Waals surface area contributed by atoms with Crippen LogP contribution >= 0.6 is 11.3 Å². The maximum absolute atomic E-state index is 13.9. The van der Waals surface area contributed by atoms with Crippen LogP contribution < -0.4 is 20.2 Å². The molecule has 11 heteroatoms. The van der Waals surface area contributed by atoms with Crippen molar-refractivity contribution in [3.05, 3.63) is 149 Å². The van der Waals surface area contributed by atoms with Crippen LogP contribution in [0.1, 0.15) is 29.9 Å². The predicted octanol–water partition coefficient (Wildman–Crippen LogP) is 5.49. The molecule has 43 heavy (non-hydrogen) atoms. The van der Waals surface area contributed by atoms with E-state index in [1.807, 2.05) is 6.07 Å². The highest BCUT2D eigenvalue weighted by atomic mass is 32.1. The van der Waals surface area contributed by atoms with Gasteiger partial charge in [0.05, 0.1) is 26.8 Å². The molecule has 0 saturated heterocycles. The second kappa shape index (κ2) is 11.1. The SMILES string of the molecule is CC1=C(C(=O)Nc2ccccc2)C(c2ccc(F)cc2)n2c(s/c(=C\c3ccc(-c4ccc([N+](=O)[O-])cc4C)o3)c2=O)=N1. The van der Waals surface area contributed by atoms with E-state index in [0.29, 0.717) is 48.9 Å². The van der Waals surface area contributed by atoms with Gasteiger partial charge in [-0.2, -0.15) is 0 Å². The van der Waals surface area contributed by atoms with Crippen molar-refractivity contribution in [1.29, 1.82) is 0 Å². The molecule has 3 aromatic carbocycles. The van der Waals surface area contributed by atoms with E-state index in [-0.39, 0.29) is 16.8 Å². The number of hydrogen-bond donors (Lipinski definition) is 1. The molecule has 3 heterocycles. The normalized spacial score (nSPS) is 14.8. The third-order valence-electron chi connectivity index (χ3n) is 7.07. The van der Waals surface area contributed by atoms with Crippen molar-refractivity contribution in [2.45, 2.75) is 19.9 Å². The highest BCUT2D eigenvalue weighted by molar-refractivity contribution is 7.07.